The molecule has 0 fully saturated rings. The van der Waals surface area contributed by atoms with Crippen LogP contribution in [0, 0.1) is 53.5 Å². The summed E-state index contributed by atoms with van der Waals surface area (Å²) in [5.41, 5.74) is -1.49. The Labute approximate surface area is 855 Å². The number of hydrogen-bond acceptors (Lipinski definition) is 44. The van der Waals surface area contributed by atoms with Crippen molar-refractivity contribution in [2.24, 2.45) is 54.1 Å². The van der Waals surface area contributed by atoms with E-state index in [1.165, 1.54) is 86.2 Å². The maximum absolute atomic E-state index is 12.1. The van der Waals surface area contributed by atoms with Crippen molar-refractivity contribution in [2.45, 2.75) is 321 Å². The first kappa shape index (κ1) is 148. The Morgan fingerprint density at radius 1 is 0.359 bits per heavy atom. The molecule has 61 nitrogen and oxygen atoms in total. The van der Waals surface area contributed by atoms with E-state index in [0.29, 0.717) is 146 Å². The van der Waals surface area contributed by atoms with Gasteiger partial charge in [-0.15, -0.1) is 40.1 Å². The van der Waals surface area contributed by atoms with Gasteiger partial charge >= 0.3 is 48.1 Å². The first-order valence-corrected chi connectivity index (χ1v) is 48.6. The standard InChI is InChI=1S/C16H33N3O4.C15H30N4O6.C11H23N3O4.C10H22N4O4.C9H20N4O4.C9H19N3O5.C7H15N3O4.C7H17N3O3/c1-4-7-8-9-10-11-12-13-14-16(20)22-15-23-17-19(21)18(5-2)6-3;1-8-18(9-2)19(22)17-24-10-23-13(20)12(11(3)4)16-14(21)25-15(5,6)7;1-5-10(6-2)11(15)17-9-18-12-14(16)13(7-3)8-4;1-6-13(7-2)14(16)12-18-8-17-9(15)10(3,4)11-5;1-5-12(6-2)13(15)11-17-7-16-9(14)8(3)10-4;1-5-11(6-2)12(14)10-16-7-15-9(13)17-8(3)4;1-4-9(5-2)10(12)8-14-6-13-7(3)11;1-5-9(6-2)10(11)8-13-7(3)12-4/h4-15H2,1-3H3;11-12H,8-10H2,1-7H3,(H,16,21);10H,5-9H2,1-4H3;11H,6-8H2,1-5H3;8,10H,5-7H2,1-4H3;8H,5-7H2,1-4H3;4-6H2,1-3H3;7H,5-6H2,1-4H3/b2*19-17-;2*14-12-;13-11-;12-10-;2*10-8-/t;12-;;;8-;;;/m.0..0.../s1. The number of ether oxygens (including phenoxy) is 10. The Morgan fingerprint density at radius 3 is 0.917 bits per heavy atom. The fourth-order valence-corrected chi connectivity index (χ4v) is 9.40. The maximum Gasteiger partial charge on any atom is 0.511 e. The number of esters is 6. The van der Waals surface area contributed by atoms with Gasteiger partial charge in [-0.2, -0.15) is 0 Å². The lowest BCUT2D eigenvalue weighted by Gasteiger charge is -2.24. The molecule has 1 unspecified atom stereocenters. The second-order valence-corrected chi connectivity index (χ2v) is 31.0. The molecule has 0 spiro atoms. The van der Waals surface area contributed by atoms with Crippen LogP contribution in [0.2, 0.25) is 0 Å². The number of hydrazine groups is 8. The number of likely N-dealkylation sites (N-methyl/N-ethyl adjacent to an activating group) is 2. The quantitative estimate of drug-likeness (QED) is 0.00968. The van der Waals surface area contributed by atoms with Crippen LogP contribution in [0.25, 0.3) is 0 Å². The fraction of sp³-hybridized carbons (Fsp3) is 0.905. The Hall–Kier alpha value is -12.8. The Morgan fingerprint density at radius 2 is 0.641 bits per heavy atom. The van der Waals surface area contributed by atoms with Crippen molar-refractivity contribution in [3.05, 3.63) is 41.7 Å². The van der Waals surface area contributed by atoms with E-state index in [1.54, 1.807) is 118 Å². The molecule has 1 amide bonds. The van der Waals surface area contributed by atoms with Gasteiger partial charge in [0.1, 0.15) is 23.2 Å². The van der Waals surface area contributed by atoms with Crippen molar-refractivity contribution in [3.8, 4) is 0 Å². The minimum absolute atomic E-state index is 0.125. The molecule has 61 heteroatoms. The van der Waals surface area contributed by atoms with E-state index >= 15 is 0 Å². The van der Waals surface area contributed by atoms with Crippen molar-refractivity contribution >= 4 is 48.1 Å². The van der Waals surface area contributed by atoms with Crippen LogP contribution in [0.3, 0.4) is 0 Å². The number of carbonyl (C=O) groups is 8. The number of amides is 1. The van der Waals surface area contributed by atoms with E-state index in [9.17, 15) is 80.0 Å². The molecule has 0 aromatic carbocycles. The van der Waals surface area contributed by atoms with E-state index in [4.69, 9.17) is 38.0 Å². The van der Waals surface area contributed by atoms with Gasteiger partial charge in [0.05, 0.1) is 156 Å². The highest BCUT2D eigenvalue weighted by Gasteiger charge is 2.30. The molecule has 145 heavy (non-hydrogen) atoms. The molecule has 0 aliphatic heterocycles. The zero-order valence-electron chi connectivity index (χ0n) is 92.6. The molecule has 0 aromatic heterocycles. The van der Waals surface area contributed by atoms with Crippen LogP contribution in [-0.4, -0.2) is 337 Å². The predicted octanol–water partition coefficient (Wildman–Crippen LogP) is 12.8. The number of nitrogens with one attached hydrogen (secondary N) is 3. The number of alkyl carbamates (subject to hydrolysis) is 1. The number of nitrogens with zero attached hydrogens (tertiary/aromatic N) is 24. The normalized spacial score (nSPS) is 12.2. The second-order valence-electron chi connectivity index (χ2n) is 31.0. The van der Waals surface area contributed by atoms with Gasteiger partial charge in [0.15, 0.2) is 0 Å². The van der Waals surface area contributed by atoms with Crippen molar-refractivity contribution in [2.75, 3.05) is 173 Å². The van der Waals surface area contributed by atoms with Crippen LogP contribution < -0.4 is 16.0 Å². The summed E-state index contributed by atoms with van der Waals surface area (Å²) in [5, 5.41) is 135. The molecule has 0 radical (unpaired) electrons. The van der Waals surface area contributed by atoms with Gasteiger partial charge < -0.3 is 144 Å². The summed E-state index contributed by atoms with van der Waals surface area (Å²) < 4.78 is 47.5. The predicted molar refractivity (Wildman–Crippen MR) is 517 cm³/mol. The molecule has 0 saturated heterocycles. The van der Waals surface area contributed by atoms with Crippen LogP contribution in [-0.2, 0) is 115 Å². The van der Waals surface area contributed by atoms with Gasteiger partial charge in [-0.3, -0.25) is 19.2 Å². The minimum Gasteiger partial charge on any atom is -0.569 e. The van der Waals surface area contributed by atoms with Gasteiger partial charge in [0, 0.05) is 27.4 Å². The smallest absolute Gasteiger partial charge is 0.511 e. The fourth-order valence-electron chi connectivity index (χ4n) is 9.40. The average Bonchev–Trinajstić information content (AvgIpc) is 0.854. The number of unbranched alkanes of at least 4 members (excludes halogenated alkanes) is 7. The Kier molecular flexibility index (Phi) is 97.7. The number of hydrogen-bond donors (Lipinski definition) is 3. The van der Waals surface area contributed by atoms with E-state index in [2.05, 4.69) is 113 Å². The van der Waals surface area contributed by atoms with Gasteiger partial charge in [-0.1, -0.05) is 79.6 Å². The van der Waals surface area contributed by atoms with Gasteiger partial charge in [0.25, 0.3) is 47.6 Å². The summed E-state index contributed by atoms with van der Waals surface area (Å²) in [6.45, 7) is 60.6. The maximum atomic E-state index is 12.1. The molecule has 0 aromatic rings. The third-order valence-electron chi connectivity index (χ3n) is 18.5. The highest BCUT2D eigenvalue weighted by atomic mass is 16.8. The van der Waals surface area contributed by atoms with Gasteiger partial charge in [-0.25, -0.2) is 19.2 Å². The van der Waals surface area contributed by atoms with Crippen LogP contribution in [0.1, 0.15) is 285 Å². The van der Waals surface area contributed by atoms with E-state index in [-0.39, 0.29) is 62.0 Å². The van der Waals surface area contributed by atoms with Crippen LogP contribution >= 0.6 is 0 Å². The molecule has 0 aliphatic carbocycles. The van der Waals surface area contributed by atoms with Crippen molar-refractivity contribution in [3.63, 3.8) is 0 Å². The largest absolute Gasteiger partial charge is 0.569 e. The molecule has 0 rings (SSSR count). The van der Waals surface area contributed by atoms with E-state index < -0.39 is 86.0 Å². The highest BCUT2D eigenvalue weighted by Crippen LogP contribution is 2.14. The average molecular weight is 2110 g/mol. The zero-order chi connectivity index (χ0) is 113. The first-order valence-electron chi connectivity index (χ1n) is 48.6. The number of carbonyl (C=O) groups excluding carboxylic acids is 8. The summed E-state index contributed by atoms with van der Waals surface area (Å²) in [6.07, 6.45) is 8.91. The Balaban J connectivity index is -0.000000248. The zero-order valence-corrected chi connectivity index (χ0v) is 92.6. The third-order valence-corrected chi connectivity index (χ3v) is 18.5. The molecule has 3 atom stereocenters. The summed E-state index contributed by atoms with van der Waals surface area (Å²) in [6, 6.07) is -1.34. The molecule has 0 bridgehead atoms. The lowest BCUT2D eigenvalue weighted by Crippen LogP contribution is -2.47. The molecule has 3 N–H and O–H groups in total. The summed E-state index contributed by atoms with van der Waals surface area (Å²) in [4.78, 5) is 130. The number of methoxy groups -OCH3 is 1. The minimum atomic E-state index is -0.912. The third kappa shape index (κ3) is 84.3. The van der Waals surface area contributed by atoms with E-state index in [0.717, 1.165) is 32.1 Å². The monoisotopic (exact) mass is 2110 g/mol. The SMILES string of the molecule is CCC(CC)C(=O)OCO/N=[N+](\[O-])N(CC)CC.CCCCCCCCCCC(=O)OCO/N=[N+](\[O-])N(CC)CC.CCN(CC)/[N+]([O-])=N/OC(C)OC.CCN(CC)/[N+]([O-])=N/OCOC(=O)C(C)(C)NC.CCN(CC)/[N+]([O-])=N/OCOC(=O)OC(C)C.CCN(CC)/[N+]([O-])=N/OCOC(=O)[C@@H](NC(=O)OC(C)(C)C)C(C)C.CCN(CC)/[N+]([O-])=N/OCOC(=O)[C@H](C)NC.CCN(CC)/[N+]([O-])=N/OCOC(C)=O. The summed E-state index contributed by atoms with van der Waals surface area (Å²) in [7, 11) is 4.76. The topological polar surface area (TPSA) is 672 Å². The summed E-state index contributed by atoms with van der Waals surface area (Å²) in [5.74, 6) is -3.15. The molecule has 0 saturated carbocycles. The highest BCUT2D eigenvalue weighted by molar-refractivity contribution is 5.82. The van der Waals surface area contributed by atoms with E-state index in [1.807, 2.05) is 96.9 Å². The number of rotatable bonds is 68. The van der Waals surface area contributed by atoms with Gasteiger partial charge in [-0.05, 0) is 205 Å². The lowest BCUT2D eigenvalue weighted by molar-refractivity contribution is -0.712. The first-order chi connectivity index (χ1) is 68.5. The van der Waals surface area contributed by atoms with Crippen LogP contribution in [0.4, 0.5) is 9.59 Å². The van der Waals surface area contributed by atoms with Crippen molar-refractivity contribution < 1.29 is 164 Å². The van der Waals surface area contributed by atoms with Gasteiger partial charge in [0.2, 0.25) is 48.5 Å². The Bertz CT molecular complexity index is 3510. The van der Waals surface area contributed by atoms with Crippen LogP contribution in [0.15, 0.2) is 42.2 Å². The molecular weight excluding hydrogens is 1930 g/mol. The van der Waals surface area contributed by atoms with Crippen molar-refractivity contribution in [1.82, 2.24) is 56.0 Å². The molecule has 854 valence electrons. The molecule has 0 aliphatic rings. The van der Waals surface area contributed by atoms with Crippen LogP contribution in [0.5, 0.6) is 0 Å². The second kappa shape index (κ2) is 96.1. The van der Waals surface area contributed by atoms with Crippen molar-refractivity contribution in [1.29, 1.82) is 0 Å². The molecular formula is C84H179N27O34. The lowest BCUT2D eigenvalue weighted by atomic mass is 10.0. The molecule has 0 heterocycles. The summed E-state index contributed by atoms with van der Waals surface area (Å²) >= 11 is 0.